The fourth-order valence-electron chi connectivity index (χ4n) is 5.14. The van der Waals surface area contributed by atoms with Crippen LogP contribution in [-0.2, 0) is 19.6 Å². The summed E-state index contributed by atoms with van der Waals surface area (Å²) < 4.78 is 27.5. The van der Waals surface area contributed by atoms with Crippen LogP contribution < -0.4 is 4.72 Å². The molecule has 1 amide bonds. The largest absolute Gasteiger partial charge is 0.481 e. The van der Waals surface area contributed by atoms with Crippen LogP contribution in [0.5, 0.6) is 0 Å². The highest BCUT2D eigenvalue weighted by atomic mass is 35.5. The van der Waals surface area contributed by atoms with E-state index >= 15 is 0 Å². The summed E-state index contributed by atoms with van der Waals surface area (Å²) in [5.41, 5.74) is 0.483. The molecular formula is C28H36Cl2N2O5S. The van der Waals surface area contributed by atoms with E-state index in [2.05, 4.69) is 4.72 Å². The van der Waals surface area contributed by atoms with Gasteiger partial charge in [0.05, 0.1) is 22.6 Å². The second kappa shape index (κ2) is 11.5. The standard InChI is InChI=1S/C28H36Cl2N2O5S/c1-6-22(17-31-38(36,37)27(2,3)4)32-25(18-10-12-20(29)13-11-18)23(19-8-7-9-21(30)14-19)15-28(5,26(32)35)16-24(33)34/h7-14,22-23,25,31H,6,15-17H2,1-5H3,(H,33,34)/t22-,23+,25+,28+/m0/s1. The van der Waals surface area contributed by atoms with E-state index in [0.717, 1.165) is 11.1 Å². The average molecular weight is 584 g/mol. The minimum absolute atomic E-state index is 0.00263. The van der Waals surface area contributed by atoms with Gasteiger partial charge in [0.25, 0.3) is 0 Å². The van der Waals surface area contributed by atoms with E-state index in [1.54, 1.807) is 50.8 Å². The zero-order valence-electron chi connectivity index (χ0n) is 22.4. The number of carboxylic acids is 1. The van der Waals surface area contributed by atoms with E-state index in [9.17, 15) is 23.1 Å². The number of nitrogens with one attached hydrogen (secondary N) is 1. The summed E-state index contributed by atoms with van der Waals surface area (Å²) >= 11 is 12.5. The molecule has 208 valence electrons. The fourth-order valence-corrected chi connectivity index (χ4v) is 6.31. The first kappa shape index (κ1) is 30.4. The van der Waals surface area contributed by atoms with Crippen LogP contribution in [0.3, 0.4) is 0 Å². The Kier molecular flexibility index (Phi) is 9.24. The van der Waals surface area contributed by atoms with Gasteiger partial charge in [-0.15, -0.1) is 0 Å². The molecule has 2 aromatic carbocycles. The lowest BCUT2D eigenvalue weighted by atomic mass is 9.67. The Morgan fingerprint density at radius 3 is 2.29 bits per heavy atom. The van der Waals surface area contributed by atoms with Crippen LogP contribution in [0.15, 0.2) is 48.5 Å². The first-order valence-corrected chi connectivity index (χ1v) is 14.9. The molecule has 7 nitrogen and oxygen atoms in total. The van der Waals surface area contributed by atoms with Crippen molar-refractivity contribution >= 4 is 45.1 Å². The number of halogens is 2. The summed E-state index contributed by atoms with van der Waals surface area (Å²) in [6.45, 7) is 8.39. The Bertz CT molecular complexity index is 1280. The number of piperidine rings is 1. The number of likely N-dealkylation sites (tertiary alicyclic amines) is 1. The van der Waals surface area contributed by atoms with Crippen molar-refractivity contribution in [3.8, 4) is 0 Å². The first-order chi connectivity index (χ1) is 17.6. The number of carboxylic acid groups (broad SMARTS) is 1. The van der Waals surface area contributed by atoms with Crippen molar-refractivity contribution in [3.05, 3.63) is 69.7 Å². The summed E-state index contributed by atoms with van der Waals surface area (Å²) in [6, 6.07) is 13.6. The highest BCUT2D eigenvalue weighted by molar-refractivity contribution is 7.90. The molecule has 0 saturated carbocycles. The molecule has 2 N–H and O–H groups in total. The van der Waals surface area contributed by atoms with E-state index < -0.39 is 38.2 Å². The number of nitrogens with zero attached hydrogens (tertiary/aromatic N) is 1. The monoisotopic (exact) mass is 582 g/mol. The molecule has 10 heteroatoms. The van der Waals surface area contributed by atoms with Crippen LogP contribution in [0.25, 0.3) is 0 Å². The predicted octanol–water partition coefficient (Wildman–Crippen LogP) is 6.03. The van der Waals surface area contributed by atoms with Crippen molar-refractivity contribution in [1.82, 2.24) is 9.62 Å². The lowest BCUT2D eigenvalue weighted by molar-refractivity contribution is -0.160. The molecule has 2 aromatic rings. The molecule has 0 aromatic heterocycles. The highest BCUT2D eigenvalue weighted by Gasteiger charge is 2.52. The number of carbonyl (C=O) groups excluding carboxylic acids is 1. The van der Waals surface area contributed by atoms with Gasteiger partial charge >= 0.3 is 5.97 Å². The summed E-state index contributed by atoms with van der Waals surface area (Å²) in [4.78, 5) is 27.9. The van der Waals surface area contributed by atoms with Gasteiger partial charge in [0.2, 0.25) is 15.9 Å². The Balaban J connectivity index is 2.20. The molecular weight excluding hydrogens is 547 g/mol. The maximum atomic E-state index is 14.2. The van der Waals surface area contributed by atoms with Gasteiger partial charge in [-0.3, -0.25) is 9.59 Å². The Morgan fingerprint density at radius 2 is 1.76 bits per heavy atom. The van der Waals surface area contributed by atoms with Gasteiger partial charge < -0.3 is 10.0 Å². The summed E-state index contributed by atoms with van der Waals surface area (Å²) in [5, 5.41) is 10.8. The van der Waals surface area contributed by atoms with Gasteiger partial charge in [-0.25, -0.2) is 13.1 Å². The van der Waals surface area contributed by atoms with E-state index in [-0.39, 0.29) is 31.2 Å². The number of aliphatic carboxylic acids is 1. The lowest BCUT2D eigenvalue weighted by Gasteiger charge is -2.52. The zero-order valence-corrected chi connectivity index (χ0v) is 24.7. The molecule has 1 saturated heterocycles. The molecule has 0 spiro atoms. The number of hydrogen-bond donors (Lipinski definition) is 2. The molecule has 1 aliphatic heterocycles. The number of sulfonamides is 1. The lowest BCUT2D eigenvalue weighted by Crippen LogP contribution is -2.58. The maximum absolute atomic E-state index is 14.2. The molecule has 0 aliphatic carbocycles. The molecule has 0 radical (unpaired) electrons. The minimum Gasteiger partial charge on any atom is -0.481 e. The van der Waals surface area contributed by atoms with Crippen molar-refractivity contribution in [3.63, 3.8) is 0 Å². The van der Waals surface area contributed by atoms with Gasteiger partial charge in [0.1, 0.15) is 0 Å². The molecule has 1 fully saturated rings. The normalized spacial score (nSPS) is 23.3. The van der Waals surface area contributed by atoms with Crippen molar-refractivity contribution in [2.45, 2.75) is 76.6 Å². The number of benzene rings is 2. The van der Waals surface area contributed by atoms with Crippen LogP contribution in [0.1, 0.15) is 77.0 Å². The number of amides is 1. The van der Waals surface area contributed by atoms with E-state index in [1.165, 1.54) is 0 Å². The van der Waals surface area contributed by atoms with Gasteiger partial charge in [0, 0.05) is 28.5 Å². The summed E-state index contributed by atoms with van der Waals surface area (Å²) in [5.74, 6) is -1.69. The predicted molar refractivity (Wildman–Crippen MR) is 151 cm³/mol. The molecule has 3 rings (SSSR count). The molecule has 38 heavy (non-hydrogen) atoms. The van der Waals surface area contributed by atoms with Crippen LogP contribution in [-0.4, -0.2) is 47.6 Å². The van der Waals surface area contributed by atoms with Gasteiger partial charge in [-0.2, -0.15) is 0 Å². The summed E-state index contributed by atoms with van der Waals surface area (Å²) in [6.07, 6.45) is 0.386. The third-order valence-electron chi connectivity index (χ3n) is 7.31. The van der Waals surface area contributed by atoms with Crippen molar-refractivity contribution in [1.29, 1.82) is 0 Å². The Hall–Kier alpha value is -2.13. The second-order valence-corrected chi connectivity index (χ2v) is 14.6. The van der Waals surface area contributed by atoms with Crippen molar-refractivity contribution < 1.29 is 23.1 Å². The second-order valence-electron chi connectivity index (χ2n) is 11.2. The van der Waals surface area contributed by atoms with Crippen molar-refractivity contribution in [2.24, 2.45) is 5.41 Å². The maximum Gasteiger partial charge on any atom is 0.304 e. The summed E-state index contributed by atoms with van der Waals surface area (Å²) in [7, 11) is -3.68. The number of hydrogen-bond acceptors (Lipinski definition) is 4. The highest BCUT2D eigenvalue weighted by Crippen LogP contribution is 2.52. The SMILES string of the molecule is CC[C@@H](CNS(=O)(=O)C(C)(C)C)N1C(=O)[C@@](C)(CC(=O)O)C[C@H](c2cccc(Cl)c2)[C@H]1c1ccc(Cl)cc1. The molecule has 4 atom stereocenters. The molecule has 1 heterocycles. The van der Waals surface area contributed by atoms with Gasteiger partial charge in [-0.1, -0.05) is 61.3 Å². The van der Waals surface area contributed by atoms with Gasteiger partial charge in [0.15, 0.2) is 0 Å². The average Bonchev–Trinajstić information content (AvgIpc) is 2.81. The van der Waals surface area contributed by atoms with E-state index in [0.29, 0.717) is 16.5 Å². The third-order valence-corrected chi connectivity index (χ3v) is 9.96. The van der Waals surface area contributed by atoms with Gasteiger partial charge in [-0.05, 0) is 69.0 Å². The van der Waals surface area contributed by atoms with Crippen LogP contribution in [0, 0.1) is 5.41 Å². The smallest absolute Gasteiger partial charge is 0.304 e. The number of carbonyl (C=O) groups is 2. The topological polar surface area (TPSA) is 104 Å². The Morgan fingerprint density at radius 1 is 1.13 bits per heavy atom. The van der Waals surface area contributed by atoms with E-state index in [4.69, 9.17) is 23.2 Å². The third kappa shape index (κ3) is 6.53. The van der Waals surface area contributed by atoms with E-state index in [1.807, 2.05) is 37.3 Å². The minimum atomic E-state index is -3.68. The van der Waals surface area contributed by atoms with Crippen LogP contribution in [0.2, 0.25) is 10.0 Å². The molecule has 1 aliphatic rings. The molecule has 0 bridgehead atoms. The first-order valence-electron chi connectivity index (χ1n) is 12.6. The number of rotatable bonds is 9. The fraction of sp³-hybridized carbons (Fsp3) is 0.500. The van der Waals surface area contributed by atoms with Crippen LogP contribution >= 0.6 is 23.2 Å². The Labute approximate surface area is 235 Å². The molecule has 0 unspecified atom stereocenters. The van der Waals surface area contributed by atoms with Crippen LogP contribution in [0.4, 0.5) is 0 Å². The zero-order chi connectivity index (χ0) is 28.5. The quantitative estimate of drug-likeness (QED) is 0.375. The van der Waals surface area contributed by atoms with Crippen molar-refractivity contribution in [2.75, 3.05) is 6.54 Å².